The van der Waals surface area contributed by atoms with E-state index in [1.165, 1.54) is 19.3 Å². The van der Waals surface area contributed by atoms with Crippen molar-refractivity contribution >= 4 is 5.97 Å². The maximum atomic E-state index is 12.6. The van der Waals surface area contributed by atoms with Crippen LogP contribution in [0.5, 0.6) is 0 Å². The van der Waals surface area contributed by atoms with E-state index < -0.39 is 0 Å². The highest BCUT2D eigenvalue weighted by atomic mass is 16.6. The van der Waals surface area contributed by atoms with Crippen molar-refractivity contribution < 1.29 is 19.0 Å². The molecule has 1 N–H and O–H groups in total. The summed E-state index contributed by atoms with van der Waals surface area (Å²) in [4.78, 5) is 15.1. The molecule has 5 fully saturated rings. The van der Waals surface area contributed by atoms with Crippen LogP contribution in [0.4, 0.5) is 0 Å². The van der Waals surface area contributed by atoms with Crippen molar-refractivity contribution in [1.82, 2.24) is 10.2 Å². The summed E-state index contributed by atoms with van der Waals surface area (Å²) in [5.74, 6) is 0.766. The van der Waals surface area contributed by atoms with Crippen LogP contribution in [0.1, 0.15) is 39.5 Å². The van der Waals surface area contributed by atoms with Crippen molar-refractivity contribution in [2.75, 3.05) is 45.9 Å². The predicted octanol–water partition coefficient (Wildman–Crippen LogP) is 1.43. The molecule has 3 saturated heterocycles. The Hall–Kier alpha value is -0.690. The Morgan fingerprint density at radius 2 is 2.11 bits per heavy atom. The van der Waals surface area contributed by atoms with Crippen LogP contribution in [-0.4, -0.2) is 74.6 Å². The minimum atomic E-state index is -0.0530. The Bertz CT molecular complexity index is 595. The number of hydrogen-bond acceptors (Lipinski definition) is 6. The molecule has 6 nitrogen and oxygen atoms in total. The molecule has 5 rings (SSSR count). The normalized spacial score (nSPS) is 49.1. The van der Waals surface area contributed by atoms with Crippen LogP contribution in [0.2, 0.25) is 0 Å². The van der Waals surface area contributed by atoms with Gasteiger partial charge in [-0.3, -0.25) is 9.69 Å². The number of carbonyl (C=O) groups is 1. The second-order valence-corrected chi connectivity index (χ2v) is 9.71. The van der Waals surface area contributed by atoms with E-state index >= 15 is 0 Å². The van der Waals surface area contributed by atoms with Crippen LogP contribution in [-0.2, 0) is 19.0 Å². The third-order valence-electron chi connectivity index (χ3n) is 8.27. The van der Waals surface area contributed by atoms with Gasteiger partial charge in [0.05, 0.1) is 25.2 Å². The molecule has 6 heteroatoms. The quantitative estimate of drug-likeness (QED) is 0.444. The first-order chi connectivity index (χ1) is 13.1. The van der Waals surface area contributed by atoms with Crippen LogP contribution < -0.4 is 5.32 Å². The second kappa shape index (κ2) is 6.68. The number of esters is 1. The topological polar surface area (TPSA) is 63.3 Å². The van der Waals surface area contributed by atoms with Crippen LogP contribution in [0.25, 0.3) is 0 Å². The molecular weight excluding hydrogens is 344 g/mol. The highest BCUT2D eigenvalue weighted by Crippen LogP contribution is 2.70. The third kappa shape index (κ3) is 2.78. The van der Waals surface area contributed by atoms with E-state index in [9.17, 15) is 4.79 Å². The van der Waals surface area contributed by atoms with E-state index in [1.54, 1.807) is 0 Å². The number of ether oxygens (including phenoxy) is 3. The molecule has 0 bridgehead atoms. The minimum absolute atomic E-state index is 0.00640. The first-order valence-corrected chi connectivity index (χ1v) is 10.9. The molecule has 2 saturated carbocycles. The van der Waals surface area contributed by atoms with E-state index in [0.717, 1.165) is 45.8 Å². The van der Waals surface area contributed by atoms with Crippen LogP contribution in [0.3, 0.4) is 0 Å². The number of rotatable bonds is 5. The number of fused-ring (bicyclic) bond motifs is 2. The highest BCUT2D eigenvalue weighted by molar-refractivity contribution is 5.76. The smallest absolute Gasteiger partial charge is 0.311 e. The van der Waals surface area contributed by atoms with Gasteiger partial charge in [-0.1, -0.05) is 20.3 Å². The van der Waals surface area contributed by atoms with Crippen molar-refractivity contribution in [2.45, 2.75) is 57.3 Å². The minimum Gasteiger partial charge on any atom is -0.462 e. The molecule has 0 aromatic rings. The van der Waals surface area contributed by atoms with Gasteiger partial charge in [-0.05, 0) is 25.2 Å². The van der Waals surface area contributed by atoms with Crippen molar-refractivity contribution in [2.24, 2.45) is 23.2 Å². The summed E-state index contributed by atoms with van der Waals surface area (Å²) in [5.41, 5.74) is 0.182. The van der Waals surface area contributed by atoms with Gasteiger partial charge in [0.25, 0.3) is 0 Å². The Morgan fingerprint density at radius 1 is 1.30 bits per heavy atom. The maximum Gasteiger partial charge on any atom is 0.311 e. The van der Waals surface area contributed by atoms with E-state index in [4.69, 9.17) is 14.2 Å². The summed E-state index contributed by atoms with van der Waals surface area (Å²) in [6, 6.07) is 0. The van der Waals surface area contributed by atoms with Crippen molar-refractivity contribution in [1.29, 1.82) is 0 Å². The number of epoxide rings is 1. The molecule has 0 amide bonds. The summed E-state index contributed by atoms with van der Waals surface area (Å²) >= 11 is 0. The first-order valence-electron chi connectivity index (χ1n) is 10.9. The van der Waals surface area contributed by atoms with Crippen molar-refractivity contribution in [3.8, 4) is 0 Å². The molecule has 27 heavy (non-hydrogen) atoms. The van der Waals surface area contributed by atoms with Crippen LogP contribution >= 0.6 is 0 Å². The van der Waals surface area contributed by atoms with E-state index in [0.29, 0.717) is 12.5 Å². The summed E-state index contributed by atoms with van der Waals surface area (Å²) in [6.07, 6.45) is 4.98. The molecule has 0 aromatic heterocycles. The zero-order valence-corrected chi connectivity index (χ0v) is 16.7. The van der Waals surface area contributed by atoms with Crippen LogP contribution in [0.15, 0.2) is 0 Å². The van der Waals surface area contributed by atoms with E-state index in [2.05, 4.69) is 24.1 Å². The van der Waals surface area contributed by atoms with Gasteiger partial charge in [-0.2, -0.15) is 0 Å². The molecule has 3 heterocycles. The molecular formula is C21H34N2O4. The summed E-state index contributed by atoms with van der Waals surface area (Å²) in [7, 11) is 0. The molecule has 7 atom stereocenters. The number of carbonyl (C=O) groups excluding carboxylic acids is 1. The fraction of sp³-hybridized carbons (Fsp3) is 0.952. The summed E-state index contributed by atoms with van der Waals surface area (Å²) < 4.78 is 17.8. The fourth-order valence-electron chi connectivity index (χ4n) is 6.79. The number of nitrogens with zero attached hydrogens (tertiary/aromatic N) is 1. The number of morpholine rings is 1. The Morgan fingerprint density at radius 3 is 2.93 bits per heavy atom. The average molecular weight is 379 g/mol. The van der Waals surface area contributed by atoms with Gasteiger partial charge in [0.1, 0.15) is 11.7 Å². The molecule has 2 aliphatic carbocycles. The van der Waals surface area contributed by atoms with E-state index in [-0.39, 0.29) is 41.0 Å². The Labute approximate surface area is 162 Å². The first kappa shape index (κ1) is 18.3. The lowest BCUT2D eigenvalue weighted by molar-refractivity contribution is -0.146. The molecule has 0 aromatic carbocycles. The average Bonchev–Trinajstić information content (AvgIpc) is 3.34. The molecule has 0 radical (unpaired) electrons. The zero-order chi connectivity index (χ0) is 18.6. The van der Waals surface area contributed by atoms with Crippen LogP contribution in [0, 0.1) is 23.2 Å². The van der Waals surface area contributed by atoms with Gasteiger partial charge in [0, 0.05) is 44.1 Å². The lowest BCUT2D eigenvalue weighted by Crippen LogP contribution is -2.54. The van der Waals surface area contributed by atoms with Gasteiger partial charge in [0.2, 0.25) is 0 Å². The maximum absolute atomic E-state index is 12.6. The van der Waals surface area contributed by atoms with Gasteiger partial charge in [-0.25, -0.2) is 0 Å². The van der Waals surface area contributed by atoms with Gasteiger partial charge in [0.15, 0.2) is 0 Å². The number of nitrogens with one attached hydrogen (secondary N) is 1. The molecule has 3 aliphatic heterocycles. The SMILES string of the molecule is C[C@H]1CCC[C@]2(C)C[C@H]3OC(=O)C(CNCCN4CCOCC4)[C@H]3[C@@H]3O[C@@]132. The molecule has 1 unspecified atom stereocenters. The number of hydrogen-bond donors (Lipinski definition) is 1. The molecule has 5 aliphatic rings. The largest absolute Gasteiger partial charge is 0.462 e. The van der Waals surface area contributed by atoms with Gasteiger partial charge >= 0.3 is 5.97 Å². The van der Waals surface area contributed by atoms with Crippen molar-refractivity contribution in [3.63, 3.8) is 0 Å². The molecule has 152 valence electrons. The lowest BCUT2D eigenvalue weighted by Gasteiger charge is -2.48. The lowest BCUT2D eigenvalue weighted by atomic mass is 9.53. The standard InChI is InChI=1S/C21H34N2O4/c1-14-4-3-5-20(2)12-16-17(18-21(14,20)27-18)15(19(24)26-16)13-22-6-7-23-8-10-25-11-9-23/h14-18,22H,3-13H2,1-2H3/t14-,15?,16+,17+,18-,20+,21-/m0/s1. The molecule has 1 spiro atoms. The Balaban J connectivity index is 1.21. The fourth-order valence-corrected chi connectivity index (χ4v) is 6.79. The second-order valence-electron chi connectivity index (χ2n) is 9.71. The monoisotopic (exact) mass is 378 g/mol. The summed E-state index contributed by atoms with van der Waals surface area (Å²) in [5, 5.41) is 3.53. The predicted molar refractivity (Wildman–Crippen MR) is 100 cm³/mol. The van der Waals surface area contributed by atoms with Gasteiger partial charge in [-0.15, -0.1) is 0 Å². The van der Waals surface area contributed by atoms with Gasteiger partial charge < -0.3 is 19.5 Å². The summed E-state index contributed by atoms with van der Waals surface area (Å²) in [6.45, 7) is 11.0. The van der Waals surface area contributed by atoms with Crippen molar-refractivity contribution in [3.05, 3.63) is 0 Å². The third-order valence-corrected chi connectivity index (χ3v) is 8.27. The highest BCUT2D eigenvalue weighted by Gasteiger charge is 2.78. The zero-order valence-electron chi connectivity index (χ0n) is 16.7. The Kier molecular flexibility index (Phi) is 4.54. The van der Waals surface area contributed by atoms with E-state index in [1.807, 2.05) is 0 Å².